The van der Waals surface area contributed by atoms with Crippen molar-refractivity contribution >= 4 is 11.6 Å². The Labute approximate surface area is 117 Å². The number of nitrogens with one attached hydrogen (secondary N) is 2. The molecule has 5 heteroatoms. The van der Waals surface area contributed by atoms with Gasteiger partial charge in [0.2, 0.25) is 0 Å². The fraction of sp³-hybridized carbons (Fsp3) is 0.200. The molecule has 0 atom stereocenters. The molecule has 20 heavy (non-hydrogen) atoms. The maximum Gasteiger partial charge on any atom is 0.255 e. The number of anilines is 1. The lowest BCUT2D eigenvalue weighted by molar-refractivity contribution is 0.0951. The molecule has 0 fully saturated rings. The summed E-state index contributed by atoms with van der Waals surface area (Å²) in [6.45, 7) is 3.03. The highest BCUT2D eigenvalue weighted by Gasteiger charge is 2.10. The number of pyridine rings is 1. The Morgan fingerprint density at radius 2 is 2.00 bits per heavy atom. The van der Waals surface area contributed by atoms with Crippen molar-refractivity contribution in [2.75, 3.05) is 11.9 Å². The molecule has 2 N–H and O–H groups in total. The molecule has 0 saturated heterocycles. The highest BCUT2D eigenvalue weighted by atomic mass is 19.1. The zero-order chi connectivity index (χ0) is 14.4. The third kappa shape index (κ3) is 3.54. The lowest BCUT2D eigenvalue weighted by Gasteiger charge is -2.10. The number of amides is 1. The van der Waals surface area contributed by atoms with Gasteiger partial charge in [0, 0.05) is 25.5 Å². The van der Waals surface area contributed by atoms with Gasteiger partial charge in [0.05, 0.1) is 11.3 Å². The highest BCUT2D eigenvalue weighted by molar-refractivity contribution is 5.99. The molecule has 1 aromatic heterocycles. The maximum atomic E-state index is 12.8. The quantitative estimate of drug-likeness (QED) is 0.880. The fourth-order valence-corrected chi connectivity index (χ4v) is 1.80. The Morgan fingerprint density at radius 3 is 2.70 bits per heavy atom. The van der Waals surface area contributed by atoms with Gasteiger partial charge >= 0.3 is 0 Å². The average molecular weight is 273 g/mol. The van der Waals surface area contributed by atoms with Gasteiger partial charge in [-0.25, -0.2) is 4.39 Å². The zero-order valence-electron chi connectivity index (χ0n) is 11.2. The summed E-state index contributed by atoms with van der Waals surface area (Å²) in [6, 6.07) is 7.79. The predicted molar refractivity (Wildman–Crippen MR) is 76.0 cm³/mol. The van der Waals surface area contributed by atoms with E-state index in [1.807, 2.05) is 6.92 Å². The number of aromatic nitrogens is 1. The summed E-state index contributed by atoms with van der Waals surface area (Å²) in [7, 11) is 0. The van der Waals surface area contributed by atoms with Crippen molar-refractivity contribution in [2.24, 2.45) is 0 Å². The van der Waals surface area contributed by atoms with Crippen LogP contribution < -0.4 is 10.6 Å². The molecule has 0 aliphatic rings. The van der Waals surface area contributed by atoms with Gasteiger partial charge in [-0.2, -0.15) is 0 Å². The molecule has 0 aliphatic heterocycles. The fourth-order valence-electron chi connectivity index (χ4n) is 1.80. The van der Waals surface area contributed by atoms with Gasteiger partial charge in [0.1, 0.15) is 5.82 Å². The summed E-state index contributed by atoms with van der Waals surface area (Å²) in [5.41, 5.74) is 2.09. The Bertz CT molecular complexity index is 584. The molecule has 2 rings (SSSR count). The van der Waals surface area contributed by atoms with E-state index in [9.17, 15) is 9.18 Å². The first-order valence-electron chi connectivity index (χ1n) is 6.41. The van der Waals surface area contributed by atoms with Crippen LogP contribution in [0.15, 0.2) is 42.7 Å². The van der Waals surface area contributed by atoms with E-state index in [1.165, 1.54) is 18.3 Å². The topological polar surface area (TPSA) is 54.0 Å². The minimum absolute atomic E-state index is 0.210. The van der Waals surface area contributed by atoms with E-state index in [1.54, 1.807) is 24.4 Å². The first-order valence-corrected chi connectivity index (χ1v) is 6.41. The molecule has 0 spiro atoms. The number of halogens is 1. The Balaban J connectivity index is 2.03. The minimum Gasteiger partial charge on any atom is -0.385 e. The SMILES string of the molecule is CCNc1ccncc1C(=O)NCc1ccc(F)cc1. The molecule has 1 amide bonds. The number of benzene rings is 1. The Hall–Kier alpha value is -2.43. The van der Waals surface area contributed by atoms with Crippen molar-refractivity contribution < 1.29 is 9.18 Å². The van der Waals surface area contributed by atoms with Crippen LogP contribution in [-0.2, 0) is 6.54 Å². The number of carbonyl (C=O) groups excluding carboxylic acids is 1. The number of hydrogen-bond donors (Lipinski definition) is 2. The Morgan fingerprint density at radius 1 is 1.25 bits per heavy atom. The van der Waals surface area contributed by atoms with Gasteiger partial charge in [0.15, 0.2) is 0 Å². The summed E-state index contributed by atoms with van der Waals surface area (Å²) in [6.07, 6.45) is 3.16. The van der Waals surface area contributed by atoms with E-state index in [0.29, 0.717) is 12.1 Å². The van der Waals surface area contributed by atoms with Crippen LogP contribution in [0, 0.1) is 5.82 Å². The molecule has 1 aromatic carbocycles. The van der Waals surface area contributed by atoms with Gasteiger partial charge in [0.25, 0.3) is 5.91 Å². The third-order valence-electron chi connectivity index (χ3n) is 2.80. The van der Waals surface area contributed by atoms with Crippen molar-refractivity contribution in [3.05, 3.63) is 59.7 Å². The monoisotopic (exact) mass is 273 g/mol. The van der Waals surface area contributed by atoms with E-state index < -0.39 is 0 Å². The standard InChI is InChI=1S/C15H16FN3O/c1-2-18-14-7-8-17-10-13(14)15(20)19-9-11-3-5-12(16)6-4-11/h3-8,10H,2,9H2,1H3,(H,17,18)(H,19,20). The van der Waals surface area contributed by atoms with Crippen LogP contribution in [0.4, 0.5) is 10.1 Å². The van der Waals surface area contributed by atoms with E-state index in [4.69, 9.17) is 0 Å². The van der Waals surface area contributed by atoms with Crippen molar-refractivity contribution in [1.29, 1.82) is 0 Å². The summed E-state index contributed by atoms with van der Waals surface area (Å²) in [5, 5.41) is 5.90. The van der Waals surface area contributed by atoms with Crippen LogP contribution in [0.2, 0.25) is 0 Å². The number of carbonyl (C=O) groups is 1. The molecule has 0 bridgehead atoms. The molecular formula is C15H16FN3O. The smallest absolute Gasteiger partial charge is 0.255 e. The second-order valence-electron chi connectivity index (χ2n) is 4.26. The predicted octanol–water partition coefficient (Wildman–Crippen LogP) is 2.58. The minimum atomic E-state index is -0.290. The third-order valence-corrected chi connectivity index (χ3v) is 2.80. The average Bonchev–Trinajstić information content (AvgIpc) is 2.47. The molecule has 0 unspecified atom stereocenters. The largest absolute Gasteiger partial charge is 0.385 e. The summed E-state index contributed by atoms with van der Waals surface area (Å²) in [5.74, 6) is -0.500. The number of nitrogens with zero attached hydrogens (tertiary/aromatic N) is 1. The zero-order valence-corrected chi connectivity index (χ0v) is 11.2. The molecule has 104 valence electrons. The van der Waals surface area contributed by atoms with Crippen molar-refractivity contribution in [2.45, 2.75) is 13.5 Å². The van der Waals surface area contributed by atoms with Crippen LogP contribution in [0.25, 0.3) is 0 Å². The van der Waals surface area contributed by atoms with Crippen LogP contribution in [0.5, 0.6) is 0 Å². The summed E-state index contributed by atoms with van der Waals surface area (Å²) in [4.78, 5) is 16.1. The second-order valence-corrected chi connectivity index (χ2v) is 4.26. The second kappa shape index (κ2) is 6.65. The molecule has 4 nitrogen and oxygen atoms in total. The van der Waals surface area contributed by atoms with Crippen LogP contribution in [0.1, 0.15) is 22.8 Å². The number of rotatable bonds is 5. The van der Waals surface area contributed by atoms with Crippen LogP contribution in [-0.4, -0.2) is 17.4 Å². The molecule has 1 heterocycles. The number of hydrogen-bond acceptors (Lipinski definition) is 3. The van der Waals surface area contributed by atoms with Crippen LogP contribution in [0.3, 0.4) is 0 Å². The first kappa shape index (κ1) is 14.0. The van der Waals surface area contributed by atoms with E-state index in [2.05, 4.69) is 15.6 Å². The van der Waals surface area contributed by atoms with E-state index in [-0.39, 0.29) is 11.7 Å². The molecule has 2 aromatic rings. The normalized spacial score (nSPS) is 10.1. The van der Waals surface area contributed by atoms with Crippen molar-refractivity contribution in [1.82, 2.24) is 10.3 Å². The van der Waals surface area contributed by atoms with E-state index in [0.717, 1.165) is 17.8 Å². The lowest BCUT2D eigenvalue weighted by atomic mass is 10.2. The van der Waals surface area contributed by atoms with Crippen molar-refractivity contribution in [3.8, 4) is 0 Å². The molecule has 0 saturated carbocycles. The first-order chi connectivity index (χ1) is 9.70. The van der Waals surface area contributed by atoms with Gasteiger partial charge in [-0.05, 0) is 30.7 Å². The van der Waals surface area contributed by atoms with Gasteiger partial charge < -0.3 is 10.6 Å². The van der Waals surface area contributed by atoms with Crippen LogP contribution >= 0.6 is 0 Å². The highest BCUT2D eigenvalue weighted by Crippen LogP contribution is 2.13. The lowest BCUT2D eigenvalue weighted by Crippen LogP contribution is -2.24. The van der Waals surface area contributed by atoms with Crippen molar-refractivity contribution in [3.63, 3.8) is 0 Å². The molecular weight excluding hydrogens is 257 g/mol. The maximum absolute atomic E-state index is 12.8. The van der Waals surface area contributed by atoms with Gasteiger partial charge in [-0.1, -0.05) is 12.1 Å². The summed E-state index contributed by atoms with van der Waals surface area (Å²) < 4.78 is 12.8. The van der Waals surface area contributed by atoms with Gasteiger partial charge in [-0.15, -0.1) is 0 Å². The summed E-state index contributed by atoms with van der Waals surface area (Å²) >= 11 is 0. The van der Waals surface area contributed by atoms with E-state index >= 15 is 0 Å². The molecule has 0 aliphatic carbocycles. The van der Waals surface area contributed by atoms with Gasteiger partial charge in [-0.3, -0.25) is 9.78 Å². The Kier molecular flexibility index (Phi) is 4.65. The molecule has 0 radical (unpaired) electrons.